The topological polar surface area (TPSA) is 53.1 Å². The van der Waals surface area contributed by atoms with E-state index in [4.69, 9.17) is 0 Å². The third-order valence-electron chi connectivity index (χ3n) is 3.77. The fraction of sp³-hybridized carbons (Fsp3) is 0.375. The number of hydrogen-bond acceptors (Lipinski definition) is 5. The molecule has 1 aromatic heterocycles. The molecule has 21 heavy (non-hydrogen) atoms. The van der Waals surface area contributed by atoms with Crippen LogP contribution in [0.1, 0.15) is 12.0 Å². The summed E-state index contributed by atoms with van der Waals surface area (Å²) in [6, 6.07) is 12.9. The number of nitrogens with zero attached hydrogens (tertiary/aromatic N) is 3. The van der Waals surface area contributed by atoms with E-state index >= 15 is 0 Å². The zero-order valence-corrected chi connectivity index (χ0v) is 12.3. The molecule has 5 heteroatoms. The monoisotopic (exact) mass is 283 g/mol. The molecule has 0 amide bonds. The zero-order chi connectivity index (χ0) is 14.5. The molecule has 0 radical (unpaired) electrons. The summed E-state index contributed by atoms with van der Waals surface area (Å²) in [6.07, 6.45) is 2.90. The minimum atomic E-state index is 0.417. The standard InChI is InChI=1S/C16H21N5/c1-17-15-7-9-18-16(20-15)19-14-8-10-21(12-14)11-13-5-3-2-4-6-13/h2-7,9,14H,8,10-12H2,1H3,(H2,17,18,19,20)/t14-/m0/s1. The summed E-state index contributed by atoms with van der Waals surface area (Å²) in [5.41, 5.74) is 1.37. The lowest BCUT2D eigenvalue weighted by molar-refractivity contribution is 0.328. The lowest BCUT2D eigenvalue weighted by atomic mass is 10.2. The predicted molar refractivity (Wildman–Crippen MR) is 85.3 cm³/mol. The summed E-state index contributed by atoms with van der Waals surface area (Å²) in [5, 5.41) is 6.46. The summed E-state index contributed by atoms with van der Waals surface area (Å²) < 4.78 is 0. The van der Waals surface area contributed by atoms with Crippen LogP contribution in [0.4, 0.5) is 11.8 Å². The number of anilines is 2. The molecule has 0 unspecified atom stereocenters. The molecule has 2 aromatic rings. The molecule has 0 aliphatic carbocycles. The Balaban J connectivity index is 1.54. The van der Waals surface area contributed by atoms with Crippen molar-refractivity contribution in [1.29, 1.82) is 0 Å². The Labute approximate surface area is 125 Å². The Hall–Kier alpha value is -2.14. The molecule has 1 fully saturated rings. The van der Waals surface area contributed by atoms with Crippen molar-refractivity contribution in [3.63, 3.8) is 0 Å². The highest BCUT2D eigenvalue weighted by Gasteiger charge is 2.22. The molecule has 3 rings (SSSR count). The van der Waals surface area contributed by atoms with Crippen LogP contribution in [0.5, 0.6) is 0 Å². The van der Waals surface area contributed by atoms with Gasteiger partial charge in [-0.25, -0.2) is 4.98 Å². The van der Waals surface area contributed by atoms with Crippen LogP contribution >= 0.6 is 0 Å². The fourth-order valence-corrected chi connectivity index (χ4v) is 2.69. The molecule has 1 aliphatic rings. The lowest BCUT2D eigenvalue weighted by Gasteiger charge is -2.16. The highest BCUT2D eigenvalue weighted by Crippen LogP contribution is 2.16. The van der Waals surface area contributed by atoms with Gasteiger partial charge in [0.05, 0.1) is 0 Å². The zero-order valence-electron chi connectivity index (χ0n) is 12.3. The van der Waals surface area contributed by atoms with Crippen molar-refractivity contribution < 1.29 is 0 Å². The van der Waals surface area contributed by atoms with Gasteiger partial charge >= 0.3 is 0 Å². The average Bonchev–Trinajstić information content (AvgIpc) is 2.95. The van der Waals surface area contributed by atoms with E-state index in [0.29, 0.717) is 12.0 Å². The van der Waals surface area contributed by atoms with Gasteiger partial charge in [0, 0.05) is 38.9 Å². The molecule has 0 spiro atoms. The van der Waals surface area contributed by atoms with E-state index in [1.165, 1.54) is 5.56 Å². The van der Waals surface area contributed by atoms with Crippen molar-refractivity contribution in [3.05, 3.63) is 48.2 Å². The second kappa shape index (κ2) is 6.54. The normalized spacial score (nSPS) is 18.6. The van der Waals surface area contributed by atoms with E-state index in [-0.39, 0.29) is 0 Å². The molecule has 1 saturated heterocycles. The van der Waals surface area contributed by atoms with E-state index in [9.17, 15) is 0 Å². The van der Waals surface area contributed by atoms with Gasteiger partial charge in [-0.3, -0.25) is 4.90 Å². The molecule has 1 atom stereocenters. The SMILES string of the molecule is CNc1ccnc(N[C@H]2CCN(Cc3ccccc3)C2)n1. The van der Waals surface area contributed by atoms with Crippen molar-refractivity contribution in [2.45, 2.75) is 19.0 Å². The number of aromatic nitrogens is 2. The molecule has 1 aliphatic heterocycles. The number of benzene rings is 1. The molecule has 1 aromatic carbocycles. The average molecular weight is 283 g/mol. The highest BCUT2D eigenvalue weighted by atomic mass is 15.2. The molecule has 0 bridgehead atoms. The van der Waals surface area contributed by atoms with Crippen molar-refractivity contribution in [1.82, 2.24) is 14.9 Å². The first-order valence-electron chi connectivity index (χ1n) is 7.37. The molecule has 110 valence electrons. The number of likely N-dealkylation sites (tertiary alicyclic amines) is 1. The predicted octanol–water partition coefficient (Wildman–Crippen LogP) is 2.20. The summed E-state index contributed by atoms with van der Waals surface area (Å²) in [6.45, 7) is 3.15. The molecular formula is C16H21N5. The Morgan fingerprint density at radius 3 is 2.90 bits per heavy atom. The smallest absolute Gasteiger partial charge is 0.224 e. The molecular weight excluding hydrogens is 262 g/mol. The van der Waals surface area contributed by atoms with E-state index in [1.807, 2.05) is 13.1 Å². The first kappa shape index (κ1) is 13.8. The number of rotatable bonds is 5. The van der Waals surface area contributed by atoms with Crippen molar-refractivity contribution >= 4 is 11.8 Å². The Morgan fingerprint density at radius 2 is 2.10 bits per heavy atom. The molecule has 2 N–H and O–H groups in total. The third kappa shape index (κ3) is 3.70. The first-order valence-corrected chi connectivity index (χ1v) is 7.37. The summed E-state index contributed by atoms with van der Waals surface area (Å²) in [5.74, 6) is 1.54. The summed E-state index contributed by atoms with van der Waals surface area (Å²) in [7, 11) is 1.86. The van der Waals surface area contributed by atoms with Gasteiger partial charge in [0.25, 0.3) is 0 Å². The Morgan fingerprint density at radius 1 is 1.24 bits per heavy atom. The van der Waals surface area contributed by atoms with E-state index in [2.05, 4.69) is 55.8 Å². The number of nitrogens with one attached hydrogen (secondary N) is 2. The Bertz CT molecular complexity index is 572. The summed E-state index contributed by atoms with van der Waals surface area (Å²) >= 11 is 0. The van der Waals surface area contributed by atoms with Gasteiger partial charge in [-0.2, -0.15) is 4.98 Å². The van der Waals surface area contributed by atoms with Gasteiger partial charge < -0.3 is 10.6 Å². The fourth-order valence-electron chi connectivity index (χ4n) is 2.69. The number of hydrogen-bond donors (Lipinski definition) is 2. The first-order chi connectivity index (χ1) is 10.3. The van der Waals surface area contributed by atoms with Crippen molar-refractivity contribution in [2.24, 2.45) is 0 Å². The van der Waals surface area contributed by atoms with Gasteiger partial charge in [0.1, 0.15) is 5.82 Å². The minimum Gasteiger partial charge on any atom is -0.373 e. The van der Waals surface area contributed by atoms with E-state index < -0.39 is 0 Å². The van der Waals surface area contributed by atoms with Crippen LogP contribution in [-0.4, -0.2) is 41.0 Å². The Kier molecular flexibility index (Phi) is 4.31. The third-order valence-corrected chi connectivity index (χ3v) is 3.77. The van der Waals surface area contributed by atoms with Crippen LogP contribution in [0, 0.1) is 0 Å². The minimum absolute atomic E-state index is 0.417. The van der Waals surface area contributed by atoms with Gasteiger partial charge in [0.2, 0.25) is 5.95 Å². The lowest BCUT2D eigenvalue weighted by Crippen LogP contribution is -2.26. The maximum Gasteiger partial charge on any atom is 0.224 e. The van der Waals surface area contributed by atoms with Crippen LogP contribution in [0.3, 0.4) is 0 Å². The van der Waals surface area contributed by atoms with Gasteiger partial charge in [-0.15, -0.1) is 0 Å². The highest BCUT2D eigenvalue weighted by molar-refractivity contribution is 5.39. The van der Waals surface area contributed by atoms with E-state index in [0.717, 1.165) is 31.9 Å². The van der Waals surface area contributed by atoms with Gasteiger partial charge in [-0.05, 0) is 18.1 Å². The summed E-state index contributed by atoms with van der Waals surface area (Å²) in [4.78, 5) is 11.2. The van der Waals surface area contributed by atoms with E-state index in [1.54, 1.807) is 6.20 Å². The van der Waals surface area contributed by atoms with Gasteiger partial charge in [-0.1, -0.05) is 30.3 Å². The largest absolute Gasteiger partial charge is 0.373 e. The van der Waals surface area contributed by atoms with Crippen molar-refractivity contribution in [2.75, 3.05) is 30.8 Å². The maximum atomic E-state index is 4.41. The maximum absolute atomic E-state index is 4.41. The molecule has 0 saturated carbocycles. The van der Waals surface area contributed by atoms with Crippen LogP contribution in [-0.2, 0) is 6.54 Å². The van der Waals surface area contributed by atoms with Gasteiger partial charge in [0.15, 0.2) is 0 Å². The van der Waals surface area contributed by atoms with Crippen LogP contribution < -0.4 is 10.6 Å². The second-order valence-corrected chi connectivity index (χ2v) is 5.37. The molecule has 2 heterocycles. The van der Waals surface area contributed by atoms with Crippen LogP contribution in [0.2, 0.25) is 0 Å². The quantitative estimate of drug-likeness (QED) is 0.881. The van der Waals surface area contributed by atoms with Crippen molar-refractivity contribution in [3.8, 4) is 0 Å². The van der Waals surface area contributed by atoms with Crippen LogP contribution in [0.15, 0.2) is 42.6 Å². The molecule has 5 nitrogen and oxygen atoms in total. The second-order valence-electron chi connectivity index (χ2n) is 5.37. The van der Waals surface area contributed by atoms with Crippen LogP contribution in [0.25, 0.3) is 0 Å².